The number of rotatable bonds is 6. The number of carbonyl (C=O) groups excluding carboxylic acids is 1. The number of aromatic nitrogens is 2. The number of benzene rings is 2. The highest BCUT2D eigenvalue weighted by Gasteiger charge is 2.31. The lowest BCUT2D eigenvalue weighted by molar-refractivity contribution is 0.0691. The smallest absolute Gasteiger partial charge is 0.275 e. The van der Waals surface area contributed by atoms with Crippen LogP contribution in [-0.2, 0) is 16.6 Å². The molecule has 0 atom stereocenters. The molecule has 1 aromatic heterocycles. The first-order valence-corrected chi connectivity index (χ1v) is 12.6. The highest BCUT2D eigenvalue weighted by molar-refractivity contribution is 7.89. The van der Waals surface area contributed by atoms with Crippen LogP contribution in [0.1, 0.15) is 24.3 Å². The van der Waals surface area contributed by atoms with Crippen molar-refractivity contribution in [2.45, 2.75) is 25.3 Å². The Morgan fingerprint density at radius 1 is 1.00 bits per heavy atom. The van der Waals surface area contributed by atoms with Crippen LogP contribution in [0.2, 0.25) is 0 Å². The predicted octanol–water partition coefficient (Wildman–Crippen LogP) is 2.21. The molecule has 1 amide bonds. The third-order valence-electron chi connectivity index (χ3n) is 5.83. The number of hydrogen-bond donors (Lipinski definition) is 0. The van der Waals surface area contributed by atoms with E-state index in [1.165, 1.54) is 28.2 Å². The maximum Gasteiger partial charge on any atom is 0.275 e. The molecule has 34 heavy (non-hydrogen) atoms. The third kappa shape index (κ3) is 4.55. The Morgan fingerprint density at radius 3 is 2.21 bits per heavy atom. The van der Waals surface area contributed by atoms with Crippen LogP contribution in [0, 0.1) is 5.92 Å². The van der Waals surface area contributed by atoms with E-state index in [4.69, 9.17) is 4.74 Å². The minimum Gasteiger partial charge on any atom is -0.497 e. The van der Waals surface area contributed by atoms with Crippen molar-refractivity contribution in [2.24, 2.45) is 5.92 Å². The normalized spacial score (nSPS) is 15.1. The Hall–Kier alpha value is -3.24. The van der Waals surface area contributed by atoms with Gasteiger partial charge in [-0.2, -0.15) is 9.40 Å². The zero-order valence-corrected chi connectivity index (χ0v) is 20.3. The molecule has 0 aliphatic carbocycles. The number of methoxy groups -OCH3 is 1. The van der Waals surface area contributed by atoms with E-state index in [9.17, 15) is 18.0 Å². The van der Waals surface area contributed by atoms with Crippen LogP contribution in [0.5, 0.6) is 5.75 Å². The van der Waals surface area contributed by atoms with Crippen molar-refractivity contribution >= 4 is 26.7 Å². The average Bonchev–Trinajstić information content (AvgIpc) is 2.85. The summed E-state index contributed by atoms with van der Waals surface area (Å²) in [6.45, 7) is 5.16. The number of piperazine rings is 1. The quantitative estimate of drug-likeness (QED) is 0.532. The fraction of sp³-hybridized carbons (Fsp3) is 0.375. The van der Waals surface area contributed by atoms with Gasteiger partial charge >= 0.3 is 0 Å². The predicted molar refractivity (Wildman–Crippen MR) is 128 cm³/mol. The van der Waals surface area contributed by atoms with Crippen LogP contribution in [-0.4, -0.2) is 66.6 Å². The van der Waals surface area contributed by atoms with Crippen molar-refractivity contribution in [3.8, 4) is 5.75 Å². The Kier molecular flexibility index (Phi) is 6.72. The van der Waals surface area contributed by atoms with Gasteiger partial charge in [-0.25, -0.2) is 13.1 Å². The van der Waals surface area contributed by atoms with Gasteiger partial charge in [0.15, 0.2) is 5.69 Å². The second-order valence-electron chi connectivity index (χ2n) is 8.65. The molecule has 1 saturated heterocycles. The van der Waals surface area contributed by atoms with E-state index in [2.05, 4.69) is 5.10 Å². The Balaban J connectivity index is 1.57. The van der Waals surface area contributed by atoms with Gasteiger partial charge < -0.3 is 9.64 Å². The number of fused-ring (bicyclic) bond motifs is 1. The molecule has 4 rings (SSSR count). The summed E-state index contributed by atoms with van der Waals surface area (Å²) in [6.07, 6.45) is 0. The van der Waals surface area contributed by atoms with Crippen LogP contribution in [0.25, 0.3) is 10.8 Å². The van der Waals surface area contributed by atoms with Crippen molar-refractivity contribution in [2.75, 3.05) is 33.3 Å². The van der Waals surface area contributed by atoms with E-state index in [0.29, 0.717) is 23.1 Å². The molecule has 2 heterocycles. The van der Waals surface area contributed by atoms with Crippen LogP contribution in [0.4, 0.5) is 0 Å². The Bertz CT molecular complexity index is 1360. The molecular weight excluding hydrogens is 456 g/mol. The molecule has 0 spiro atoms. The molecule has 180 valence electrons. The second kappa shape index (κ2) is 9.55. The van der Waals surface area contributed by atoms with Gasteiger partial charge in [0.25, 0.3) is 11.5 Å². The highest BCUT2D eigenvalue weighted by Crippen LogP contribution is 2.22. The molecule has 9 nitrogen and oxygen atoms in total. The van der Waals surface area contributed by atoms with Crippen molar-refractivity contribution < 1.29 is 17.9 Å². The lowest BCUT2D eigenvalue weighted by Crippen LogP contribution is -2.50. The van der Waals surface area contributed by atoms with Gasteiger partial charge in [-0.15, -0.1) is 0 Å². The minimum absolute atomic E-state index is 0.170. The molecule has 0 bridgehead atoms. The molecule has 0 radical (unpaired) electrons. The minimum atomic E-state index is -3.68. The number of amides is 1. The van der Waals surface area contributed by atoms with Crippen molar-refractivity contribution in [1.29, 1.82) is 0 Å². The van der Waals surface area contributed by atoms with Crippen LogP contribution in [0.3, 0.4) is 0 Å². The monoisotopic (exact) mass is 484 g/mol. The largest absolute Gasteiger partial charge is 0.497 e. The van der Waals surface area contributed by atoms with Gasteiger partial charge in [-0.05, 0) is 36.2 Å². The SMILES string of the molecule is COc1ccc(S(=O)(=O)N2CCN(C(=O)c3nn(CC(C)C)c(=O)c4ccccc34)CC2)cc1. The fourth-order valence-electron chi connectivity index (χ4n) is 4.04. The summed E-state index contributed by atoms with van der Waals surface area (Å²) in [5.74, 6) is 0.448. The lowest BCUT2D eigenvalue weighted by atomic mass is 10.1. The molecule has 3 aromatic rings. The maximum absolute atomic E-state index is 13.4. The molecule has 10 heteroatoms. The fourth-order valence-corrected chi connectivity index (χ4v) is 5.46. The molecule has 1 fully saturated rings. The van der Waals surface area contributed by atoms with Crippen LogP contribution < -0.4 is 10.3 Å². The van der Waals surface area contributed by atoms with E-state index < -0.39 is 10.0 Å². The summed E-state index contributed by atoms with van der Waals surface area (Å²) in [5.41, 5.74) is -0.0152. The number of ether oxygens (including phenoxy) is 1. The first-order chi connectivity index (χ1) is 16.2. The topological polar surface area (TPSA) is 102 Å². The zero-order chi connectivity index (χ0) is 24.5. The summed E-state index contributed by atoms with van der Waals surface area (Å²) < 4.78 is 33.9. The molecule has 0 N–H and O–H groups in total. The van der Waals surface area contributed by atoms with Crippen molar-refractivity contribution in [1.82, 2.24) is 19.0 Å². The molecular formula is C24H28N4O5S. The van der Waals surface area contributed by atoms with Gasteiger partial charge in [0.2, 0.25) is 10.0 Å². The number of sulfonamides is 1. The van der Waals surface area contributed by atoms with Gasteiger partial charge in [0.05, 0.1) is 17.4 Å². The van der Waals surface area contributed by atoms with E-state index in [1.54, 1.807) is 41.3 Å². The van der Waals surface area contributed by atoms with Gasteiger partial charge in [-0.3, -0.25) is 9.59 Å². The van der Waals surface area contributed by atoms with E-state index in [0.717, 1.165) is 0 Å². The van der Waals surface area contributed by atoms with E-state index >= 15 is 0 Å². The van der Waals surface area contributed by atoms with Gasteiger partial charge in [-0.1, -0.05) is 32.0 Å². The van der Waals surface area contributed by atoms with E-state index in [1.807, 2.05) is 13.8 Å². The number of hydrogen-bond acceptors (Lipinski definition) is 6. The summed E-state index contributed by atoms with van der Waals surface area (Å²) in [5, 5.41) is 5.37. The van der Waals surface area contributed by atoms with Crippen LogP contribution in [0.15, 0.2) is 58.2 Å². The van der Waals surface area contributed by atoms with Gasteiger partial charge in [0.1, 0.15) is 5.75 Å². The average molecular weight is 485 g/mol. The lowest BCUT2D eigenvalue weighted by Gasteiger charge is -2.34. The Morgan fingerprint density at radius 2 is 1.62 bits per heavy atom. The second-order valence-corrected chi connectivity index (χ2v) is 10.6. The molecule has 0 saturated carbocycles. The molecule has 1 aliphatic heterocycles. The highest BCUT2D eigenvalue weighted by atomic mass is 32.2. The van der Waals surface area contributed by atoms with Crippen molar-refractivity contribution in [3.05, 3.63) is 64.6 Å². The zero-order valence-electron chi connectivity index (χ0n) is 19.5. The first kappa shape index (κ1) is 23.9. The summed E-state index contributed by atoms with van der Waals surface area (Å²) >= 11 is 0. The van der Waals surface area contributed by atoms with Gasteiger partial charge in [0, 0.05) is 38.1 Å². The number of nitrogens with zero attached hydrogens (tertiary/aromatic N) is 4. The van der Waals surface area contributed by atoms with Crippen LogP contribution >= 0.6 is 0 Å². The first-order valence-electron chi connectivity index (χ1n) is 11.2. The molecule has 2 aromatic carbocycles. The third-order valence-corrected chi connectivity index (χ3v) is 7.74. The summed E-state index contributed by atoms with van der Waals surface area (Å²) in [7, 11) is -2.16. The molecule has 0 unspecified atom stereocenters. The summed E-state index contributed by atoms with van der Waals surface area (Å²) in [4.78, 5) is 28.0. The maximum atomic E-state index is 13.4. The standard InChI is InChI=1S/C24H28N4O5S/c1-17(2)16-28-23(29)21-7-5-4-6-20(21)22(25-28)24(30)26-12-14-27(15-13-26)34(31,32)19-10-8-18(33-3)9-11-19/h4-11,17H,12-16H2,1-3H3. The van der Waals surface area contributed by atoms with E-state index in [-0.39, 0.29) is 54.2 Å². The van der Waals surface area contributed by atoms with Crippen molar-refractivity contribution in [3.63, 3.8) is 0 Å². The molecule has 1 aliphatic rings. The number of carbonyl (C=O) groups is 1. The Labute approximate surface area is 198 Å². The summed E-state index contributed by atoms with van der Waals surface area (Å²) in [6, 6.07) is 13.2.